The zero-order valence-corrected chi connectivity index (χ0v) is 9.89. The van der Waals surface area contributed by atoms with E-state index in [1.807, 2.05) is 25.3 Å². The van der Waals surface area contributed by atoms with E-state index in [4.69, 9.17) is 9.47 Å². The first-order valence-corrected chi connectivity index (χ1v) is 5.90. The first kappa shape index (κ1) is 13.6. The topological polar surface area (TPSA) is 18.5 Å². The molecule has 0 bridgehead atoms. The molecule has 0 saturated carbocycles. The van der Waals surface area contributed by atoms with Crippen molar-refractivity contribution >= 4 is 11.8 Å². The fraction of sp³-hybridized carbons (Fsp3) is 0.636. The molecule has 0 radical (unpaired) electrons. The van der Waals surface area contributed by atoms with E-state index in [1.54, 1.807) is 11.8 Å². The van der Waals surface area contributed by atoms with Crippen molar-refractivity contribution in [3.8, 4) is 11.8 Å². The molecule has 0 spiro atoms. The van der Waals surface area contributed by atoms with Gasteiger partial charge in [0.05, 0.1) is 0 Å². The Morgan fingerprint density at radius 1 is 1.21 bits per heavy atom. The molecule has 0 aromatic carbocycles. The second-order valence-corrected chi connectivity index (χ2v) is 3.47. The summed E-state index contributed by atoms with van der Waals surface area (Å²) in [7, 11) is 0. The lowest BCUT2D eigenvalue weighted by Gasteiger charge is -2.09. The van der Waals surface area contributed by atoms with Gasteiger partial charge in [-0.2, -0.15) is 0 Å². The summed E-state index contributed by atoms with van der Waals surface area (Å²) in [4.78, 5) is 0. The lowest BCUT2D eigenvalue weighted by molar-refractivity contribution is -0.0969. The number of hydrogen-bond acceptors (Lipinski definition) is 3. The Balaban J connectivity index is 3.86. The van der Waals surface area contributed by atoms with Crippen LogP contribution in [0.1, 0.15) is 20.8 Å². The van der Waals surface area contributed by atoms with E-state index < -0.39 is 0 Å². The van der Waals surface area contributed by atoms with Gasteiger partial charge in [0.15, 0.2) is 0 Å². The minimum Gasteiger partial charge on any atom is -0.342 e. The van der Waals surface area contributed by atoms with Gasteiger partial charge in [0.25, 0.3) is 0 Å². The van der Waals surface area contributed by atoms with E-state index in [0.29, 0.717) is 13.2 Å². The van der Waals surface area contributed by atoms with E-state index in [-0.39, 0.29) is 6.29 Å². The molecule has 0 amide bonds. The largest absolute Gasteiger partial charge is 0.342 e. The Morgan fingerprint density at radius 2 is 1.86 bits per heavy atom. The monoisotopic (exact) mass is 214 g/mol. The van der Waals surface area contributed by atoms with Crippen molar-refractivity contribution in [2.75, 3.05) is 19.0 Å². The Morgan fingerprint density at radius 3 is 2.36 bits per heavy atom. The zero-order valence-electron chi connectivity index (χ0n) is 9.08. The van der Waals surface area contributed by atoms with E-state index >= 15 is 0 Å². The van der Waals surface area contributed by atoms with Crippen molar-refractivity contribution < 1.29 is 9.47 Å². The van der Waals surface area contributed by atoms with Gasteiger partial charge in [-0.05, 0) is 37.0 Å². The average molecular weight is 214 g/mol. The third kappa shape index (κ3) is 8.18. The molecule has 0 rings (SSSR count). The molecular formula is C11H18O2S. The van der Waals surface area contributed by atoms with Gasteiger partial charge in [-0.3, -0.25) is 0 Å². The molecule has 0 aromatic rings. The van der Waals surface area contributed by atoms with Crippen molar-refractivity contribution in [2.24, 2.45) is 0 Å². The van der Waals surface area contributed by atoms with E-state index in [9.17, 15) is 0 Å². The van der Waals surface area contributed by atoms with Crippen LogP contribution in [0.15, 0.2) is 11.5 Å². The van der Waals surface area contributed by atoms with Gasteiger partial charge in [-0.15, -0.1) is 11.8 Å². The first-order chi connectivity index (χ1) is 6.85. The predicted molar refractivity (Wildman–Crippen MR) is 62.1 cm³/mol. The number of thioether (sulfide) groups is 1. The van der Waals surface area contributed by atoms with Crippen molar-refractivity contribution in [3.63, 3.8) is 0 Å². The molecular weight excluding hydrogens is 196 g/mol. The number of hydrogen-bond donors (Lipinski definition) is 0. The smallest absolute Gasteiger partial charge is 0.222 e. The molecule has 3 heteroatoms. The maximum atomic E-state index is 5.25. The Hall–Kier alpha value is -0.430. The fourth-order valence-corrected chi connectivity index (χ4v) is 1.09. The molecule has 0 aliphatic heterocycles. The third-order valence-corrected chi connectivity index (χ3v) is 1.91. The van der Waals surface area contributed by atoms with Crippen molar-refractivity contribution in [1.29, 1.82) is 0 Å². The van der Waals surface area contributed by atoms with Crippen LogP contribution in [0.2, 0.25) is 0 Å². The average Bonchev–Trinajstić information content (AvgIpc) is 2.18. The van der Waals surface area contributed by atoms with Gasteiger partial charge in [0.2, 0.25) is 6.29 Å². The van der Waals surface area contributed by atoms with Crippen LogP contribution < -0.4 is 0 Å². The molecule has 0 N–H and O–H groups in total. The minimum atomic E-state index is -0.388. The minimum absolute atomic E-state index is 0.388. The first-order valence-electron chi connectivity index (χ1n) is 4.86. The second-order valence-electron chi connectivity index (χ2n) is 2.29. The van der Waals surface area contributed by atoms with Gasteiger partial charge in [-0.1, -0.05) is 12.8 Å². The maximum absolute atomic E-state index is 5.25. The fourth-order valence-electron chi connectivity index (χ4n) is 0.729. The summed E-state index contributed by atoms with van der Waals surface area (Å²) in [5, 5.41) is 1.97. The van der Waals surface area contributed by atoms with Crippen molar-refractivity contribution in [1.82, 2.24) is 0 Å². The molecule has 0 heterocycles. The lowest BCUT2D eigenvalue weighted by Crippen LogP contribution is -2.14. The summed E-state index contributed by atoms with van der Waals surface area (Å²) in [6, 6.07) is 0. The molecule has 2 nitrogen and oxygen atoms in total. The van der Waals surface area contributed by atoms with Crippen LogP contribution in [0.3, 0.4) is 0 Å². The summed E-state index contributed by atoms with van der Waals surface area (Å²) in [5.41, 5.74) is 0. The molecule has 0 aliphatic carbocycles. The van der Waals surface area contributed by atoms with Crippen molar-refractivity contribution in [2.45, 2.75) is 27.1 Å². The summed E-state index contributed by atoms with van der Waals surface area (Å²) in [6.45, 7) is 7.19. The van der Waals surface area contributed by atoms with Gasteiger partial charge >= 0.3 is 0 Å². The Bertz CT molecular complexity index is 197. The van der Waals surface area contributed by atoms with Gasteiger partial charge in [0, 0.05) is 13.2 Å². The van der Waals surface area contributed by atoms with Crippen LogP contribution >= 0.6 is 11.8 Å². The standard InChI is InChI=1S/C11H18O2S/c1-4-12-11(13-5-2)9-7-8-10-14-6-3/h8,10-11H,4-6H2,1-3H3/b10-8-. The SMILES string of the molecule is CCOC(C#C/C=C\SCC)OCC. The van der Waals surface area contributed by atoms with Gasteiger partial charge < -0.3 is 9.47 Å². The van der Waals surface area contributed by atoms with Crippen LogP contribution in [-0.2, 0) is 9.47 Å². The van der Waals surface area contributed by atoms with Crippen LogP contribution in [0.5, 0.6) is 0 Å². The zero-order chi connectivity index (χ0) is 10.6. The Labute approximate surface area is 91.0 Å². The quantitative estimate of drug-likeness (QED) is 0.500. The second kappa shape index (κ2) is 10.6. The molecule has 0 unspecified atom stereocenters. The summed E-state index contributed by atoms with van der Waals surface area (Å²) in [6.07, 6.45) is 1.43. The number of rotatable bonds is 6. The molecule has 80 valence electrons. The van der Waals surface area contributed by atoms with E-state index in [2.05, 4.69) is 18.8 Å². The van der Waals surface area contributed by atoms with Gasteiger partial charge in [0.1, 0.15) is 0 Å². The van der Waals surface area contributed by atoms with Crippen LogP contribution in [0, 0.1) is 11.8 Å². The summed E-state index contributed by atoms with van der Waals surface area (Å²) in [5.74, 6) is 6.84. The summed E-state index contributed by atoms with van der Waals surface area (Å²) >= 11 is 1.72. The highest BCUT2D eigenvalue weighted by atomic mass is 32.2. The van der Waals surface area contributed by atoms with Crippen LogP contribution in [0.25, 0.3) is 0 Å². The number of allylic oxidation sites excluding steroid dienone is 1. The molecule has 0 aliphatic rings. The molecule has 0 saturated heterocycles. The molecule has 0 atom stereocenters. The molecule has 14 heavy (non-hydrogen) atoms. The normalized spacial score (nSPS) is 10.6. The van der Waals surface area contributed by atoms with Crippen molar-refractivity contribution in [3.05, 3.63) is 11.5 Å². The van der Waals surface area contributed by atoms with Crippen LogP contribution in [0.4, 0.5) is 0 Å². The highest BCUT2D eigenvalue weighted by molar-refractivity contribution is 8.02. The highest BCUT2D eigenvalue weighted by Gasteiger charge is 2.00. The number of ether oxygens (including phenoxy) is 2. The van der Waals surface area contributed by atoms with Gasteiger partial charge in [-0.25, -0.2) is 0 Å². The maximum Gasteiger partial charge on any atom is 0.222 e. The highest BCUT2D eigenvalue weighted by Crippen LogP contribution is 1.98. The lowest BCUT2D eigenvalue weighted by atomic mass is 10.5. The third-order valence-electron chi connectivity index (χ3n) is 1.25. The predicted octanol–water partition coefficient (Wildman–Crippen LogP) is 2.66. The molecule has 0 aromatic heterocycles. The van der Waals surface area contributed by atoms with Crippen LogP contribution in [-0.4, -0.2) is 25.3 Å². The van der Waals surface area contributed by atoms with E-state index in [1.165, 1.54) is 0 Å². The van der Waals surface area contributed by atoms with E-state index in [0.717, 1.165) is 5.75 Å². The molecule has 0 fully saturated rings. The summed E-state index contributed by atoms with van der Waals surface area (Å²) < 4.78 is 10.5. The Kier molecular flexibility index (Phi) is 10.3.